The van der Waals surface area contributed by atoms with Crippen LogP contribution < -0.4 is 5.73 Å². The molecule has 0 aliphatic carbocycles. The number of benzene rings is 1. The molecule has 0 radical (unpaired) electrons. The Balaban J connectivity index is 0.00000264. The lowest BCUT2D eigenvalue weighted by Gasteiger charge is -2.29. The highest BCUT2D eigenvalue weighted by Gasteiger charge is 2.23. The molecule has 23 heavy (non-hydrogen) atoms. The Labute approximate surface area is 143 Å². The molecule has 0 saturated carbocycles. The molecule has 1 saturated heterocycles. The molecule has 128 valence electrons. The third kappa shape index (κ3) is 5.82. The predicted octanol–water partition coefficient (Wildman–Crippen LogP) is 0.295. The Morgan fingerprint density at radius 1 is 1.26 bits per heavy atom. The highest BCUT2D eigenvalue weighted by molar-refractivity contribution is 5.87. The van der Waals surface area contributed by atoms with Gasteiger partial charge in [0.05, 0.1) is 25.8 Å². The first kappa shape index (κ1) is 19.4. The fraction of sp³-hybridized carbons (Fsp3) is 0.500. The lowest BCUT2D eigenvalue weighted by molar-refractivity contribution is -0.142. The maximum absolute atomic E-state index is 12.3. The molecule has 1 aliphatic rings. The van der Waals surface area contributed by atoms with Gasteiger partial charge in [-0.05, 0) is 12.0 Å². The van der Waals surface area contributed by atoms with Crippen LogP contribution in [0, 0.1) is 0 Å². The number of amides is 2. The minimum atomic E-state index is -0.634. The first-order chi connectivity index (χ1) is 10.6. The van der Waals surface area contributed by atoms with Gasteiger partial charge in [-0.3, -0.25) is 9.59 Å². The number of hydrogen-bond donors (Lipinski definition) is 1. The van der Waals surface area contributed by atoms with Crippen molar-refractivity contribution in [3.05, 3.63) is 35.9 Å². The van der Waals surface area contributed by atoms with Gasteiger partial charge in [0.2, 0.25) is 11.8 Å². The van der Waals surface area contributed by atoms with Gasteiger partial charge in [-0.2, -0.15) is 0 Å². The summed E-state index contributed by atoms with van der Waals surface area (Å²) in [5.41, 5.74) is 6.98. The number of nitrogens with two attached hydrogens (primary N) is 1. The Kier molecular flexibility index (Phi) is 8.02. The highest BCUT2D eigenvalue weighted by atomic mass is 35.5. The van der Waals surface area contributed by atoms with Crippen molar-refractivity contribution >= 4 is 24.2 Å². The molecule has 0 unspecified atom stereocenters. The molecule has 2 amide bonds. The second kappa shape index (κ2) is 9.50. The van der Waals surface area contributed by atoms with Crippen molar-refractivity contribution in [1.29, 1.82) is 0 Å². The van der Waals surface area contributed by atoms with Crippen molar-refractivity contribution in [1.82, 2.24) is 9.80 Å². The normalized spacial score (nSPS) is 15.5. The lowest BCUT2D eigenvalue weighted by atomic mass is 10.1. The summed E-state index contributed by atoms with van der Waals surface area (Å²) in [6.07, 6.45) is 0.468. The molecule has 0 bridgehead atoms. The van der Waals surface area contributed by atoms with Gasteiger partial charge in [-0.1, -0.05) is 30.3 Å². The molecule has 1 aliphatic heterocycles. The molecule has 1 atom stereocenters. The van der Waals surface area contributed by atoms with E-state index >= 15 is 0 Å². The van der Waals surface area contributed by atoms with Crippen LogP contribution in [0.25, 0.3) is 0 Å². The molecular formula is C16H24ClN3O3. The van der Waals surface area contributed by atoms with Crippen molar-refractivity contribution in [2.24, 2.45) is 5.73 Å². The molecule has 6 nitrogen and oxygen atoms in total. The first-order valence-corrected chi connectivity index (χ1v) is 7.48. The molecule has 0 aromatic heterocycles. The zero-order valence-electron chi connectivity index (χ0n) is 13.3. The number of carbonyl (C=O) groups excluding carboxylic acids is 2. The van der Waals surface area contributed by atoms with Crippen LogP contribution in [0.1, 0.15) is 5.56 Å². The van der Waals surface area contributed by atoms with E-state index in [1.54, 1.807) is 11.9 Å². The predicted molar refractivity (Wildman–Crippen MR) is 90.4 cm³/mol. The van der Waals surface area contributed by atoms with E-state index in [0.717, 1.165) is 5.56 Å². The third-order valence-electron chi connectivity index (χ3n) is 3.73. The Hall–Kier alpha value is -1.63. The highest BCUT2D eigenvalue weighted by Crippen LogP contribution is 2.05. The number of hydrogen-bond acceptors (Lipinski definition) is 4. The molecule has 1 aromatic rings. The number of ether oxygens (including phenoxy) is 1. The van der Waals surface area contributed by atoms with Crippen LogP contribution in [0.15, 0.2) is 30.3 Å². The molecule has 0 spiro atoms. The van der Waals surface area contributed by atoms with Gasteiger partial charge in [-0.15, -0.1) is 12.4 Å². The lowest BCUT2D eigenvalue weighted by Crippen LogP contribution is -2.49. The smallest absolute Gasteiger partial charge is 0.242 e. The monoisotopic (exact) mass is 341 g/mol. The molecule has 1 aromatic carbocycles. The van der Waals surface area contributed by atoms with Crippen LogP contribution in [0.3, 0.4) is 0 Å². The van der Waals surface area contributed by atoms with E-state index in [4.69, 9.17) is 10.5 Å². The van der Waals surface area contributed by atoms with Crippen molar-refractivity contribution in [2.75, 3.05) is 39.9 Å². The van der Waals surface area contributed by atoms with Crippen LogP contribution in [-0.4, -0.2) is 67.6 Å². The summed E-state index contributed by atoms with van der Waals surface area (Å²) in [6, 6.07) is 8.99. The minimum Gasteiger partial charge on any atom is -0.378 e. The maximum atomic E-state index is 12.3. The van der Waals surface area contributed by atoms with Crippen LogP contribution in [0.2, 0.25) is 0 Å². The Bertz CT molecular complexity index is 507. The van der Waals surface area contributed by atoms with Gasteiger partial charge in [0.15, 0.2) is 0 Å². The van der Waals surface area contributed by atoms with Crippen LogP contribution >= 0.6 is 12.4 Å². The zero-order valence-corrected chi connectivity index (χ0v) is 14.1. The summed E-state index contributed by atoms with van der Waals surface area (Å²) >= 11 is 0. The van der Waals surface area contributed by atoms with Gasteiger partial charge >= 0.3 is 0 Å². The number of carbonyl (C=O) groups is 2. The molecular weight excluding hydrogens is 318 g/mol. The number of morpholine rings is 1. The third-order valence-corrected chi connectivity index (χ3v) is 3.73. The van der Waals surface area contributed by atoms with Crippen molar-refractivity contribution in [3.63, 3.8) is 0 Å². The fourth-order valence-electron chi connectivity index (χ4n) is 2.43. The Morgan fingerprint density at radius 2 is 1.87 bits per heavy atom. The van der Waals surface area contributed by atoms with E-state index in [-0.39, 0.29) is 30.8 Å². The summed E-state index contributed by atoms with van der Waals surface area (Å²) < 4.78 is 5.21. The average molecular weight is 342 g/mol. The van der Waals surface area contributed by atoms with Crippen molar-refractivity contribution < 1.29 is 14.3 Å². The van der Waals surface area contributed by atoms with Gasteiger partial charge in [0, 0.05) is 20.1 Å². The van der Waals surface area contributed by atoms with Gasteiger partial charge < -0.3 is 20.3 Å². The average Bonchev–Trinajstić information content (AvgIpc) is 2.55. The topological polar surface area (TPSA) is 75.9 Å². The largest absolute Gasteiger partial charge is 0.378 e. The maximum Gasteiger partial charge on any atom is 0.242 e. The van der Waals surface area contributed by atoms with Gasteiger partial charge in [0.1, 0.15) is 0 Å². The summed E-state index contributed by atoms with van der Waals surface area (Å²) in [5, 5.41) is 0. The van der Waals surface area contributed by atoms with Crippen LogP contribution in [0.5, 0.6) is 0 Å². The Morgan fingerprint density at radius 3 is 2.48 bits per heavy atom. The minimum absolute atomic E-state index is 0. The fourth-order valence-corrected chi connectivity index (χ4v) is 2.43. The van der Waals surface area contributed by atoms with E-state index in [2.05, 4.69) is 0 Å². The summed E-state index contributed by atoms with van der Waals surface area (Å²) in [4.78, 5) is 27.5. The first-order valence-electron chi connectivity index (χ1n) is 7.48. The molecule has 2 N–H and O–H groups in total. The molecule has 2 rings (SSSR count). The summed E-state index contributed by atoms with van der Waals surface area (Å²) in [6.45, 7) is 2.32. The van der Waals surface area contributed by atoms with Crippen LogP contribution in [0.4, 0.5) is 0 Å². The van der Waals surface area contributed by atoms with Crippen LogP contribution in [-0.2, 0) is 20.7 Å². The zero-order chi connectivity index (χ0) is 15.9. The number of halogens is 1. The van der Waals surface area contributed by atoms with E-state index in [1.807, 2.05) is 30.3 Å². The van der Waals surface area contributed by atoms with E-state index in [0.29, 0.717) is 32.7 Å². The van der Waals surface area contributed by atoms with E-state index in [9.17, 15) is 9.59 Å². The second-order valence-electron chi connectivity index (χ2n) is 5.48. The summed E-state index contributed by atoms with van der Waals surface area (Å²) in [7, 11) is 1.62. The standard InChI is InChI=1S/C16H23N3O3.ClH/c1-18(12-15(20)19-7-9-22-10-8-19)16(21)14(17)11-13-5-3-2-4-6-13;/h2-6,14H,7-12,17H2,1H3;1H/t14-;/m0./s1. The van der Waals surface area contributed by atoms with E-state index < -0.39 is 6.04 Å². The second-order valence-corrected chi connectivity index (χ2v) is 5.48. The van der Waals surface area contributed by atoms with E-state index in [1.165, 1.54) is 4.90 Å². The van der Waals surface area contributed by atoms with Gasteiger partial charge in [0.25, 0.3) is 0 Å². The summed E-state index contributed by atoms with van der Waals surface area (Å²) in [5.74, 6) is -0.281. The molecule has 1 fully saturated rings. The molecule has 7 heteroatoms. The molecule has 1 heterocycles. The number of nitrogens with zero attached hydrogens (tertiary/aromatic N) is 2. The SMILES string of the molecule is CN(CC(=O)N1CCOCC1)C(=O)[C@@H](N)Cc1ccccc1.Cl. The quantitative estimate of drug-likeness (QED) is 0.835. The number of likely N-dealkylation sites (N-methyl/N-ethyl adjacent to an activating group) is 1. The van der Waals surface area contributed by atoms with Gasteiger partial charge in [-0.25, -0.2) is 0 Å². The van der Waals surface area contributed by atoms with Crippen molar-refractivity contribution in [2.45, 2.75) is 12.5 Å². The van der Waals surface area contributed by atoms with Crippen molar-refractivity contribution in [3.8, 4) is 0 Å². The number of rotatable bonds is 5.